The van der Waals surface area contributed by atoms with Gasteiger partial charge in [-0.2, -0.15) is 0 Å². The number of allylic oxidation sites excluding steroid dienone is 1. The third-order valence-corrected chi connectivity index (χ3v) is 3.15. The van der Waals surface area contributed by atoms with Crippen LogP contribution in [0.5, 0.6) is 0 Å². The van der Waals surface area contributed by atoms with Gasteiger partial charge in [0, 0.05) is 0 Å². The van der Waals surface area contributed by atoms with E-state index in [-0.39, 0.29) is 4.36 Å². The molecule has 0 aromatic carbocycles. The lowest BCUT2D eigenvalue weighted by Crippen LogP contribution is -1.98. The molecule has 1 aliphatic rings. The van der Waals surface area contributed by atoms with Crippen LogP contribution in [0.1, 0.15) is 32.1 Å². The van der Waals surface area contributed by atoms with Gasteiger partial charge in [0.05, 0.1) is 0 Å². The predicted octanol–water partition coefficient (Wildman–Crippen LogP) is 2.62. The fourth-order valence-corrected chi connectivity index (χ4v) is 1.94. The summed E-state index contributed by atoms with van der Waals surface area (Å²) < 4.78 is 19.3. The molecule has 64 valence electrons. The van der Waals surface area contributed by atoms with Crippen molar-refractivity contribution in [3.05, 3.63) is 9.94 Å². The number of rotatable bonds is 1. The summed E-state index contributed by atoms with van der Waals surface area (Å²) in [6, 6.07) is 0. The third kappa shape index (κ3) is 2.58. The van der Waals surface area contributed by atoms with Crippen molar-refractivity contribution >= 4 is 22.7 Å². The summed E-state index contributed by atoms with van der Waals surface area (Å²) in [6.45, 7) is 0. The monoisotopic (exact) mass is 194 g/mol. The molecular weight excluding hydrogens is 184 g/mol. The van der Waals surface area contributed by atoms with E-state index in [1.807, 2.05) is 0 Å². The Hall–Kier alpha value is 0.140. The molecule has 1 atom stereocenters. The summed E-state index contributed by atoms with van der Waals surface area (Å²) in [7, 11) is 0. The molecule has 1 saturated carbocycles. The zero-order valence-electron chi connectivity index (χ0n) is 6.18. The van der Waals surface area contributed by atoms with Gasteiger partial charge in [-0.15, -0.1) is 0 Å². The fraction of sp³-hybridized carbons (Fsp3) is 0.714. The molecule has 1 unspecified atom stereocenters. The molecule has 0 radical (unpaired) electrons. The summed E-state index contributed by atoms with van der Waals surface area (Å²) in [6.07, 6.45) is 5.20. The highest BCUT2D eigenvalue weighted by Gasteiger charge is 2.12. The van der Waals surface area contributed by atoms with Crippen LogP contribution < -0.4 is 0 Å². The molecule has 0 aliphatic heterocycles. The molecule has 0 spiro atoms. The van der Waals surface area contributed by atoms with E-state index in [1.54, 1.807) is 0 Å². The van der Waals surface area contributed by atoms with Gasteiger partial charge >= 0.3 is 0 Å². The summed E-state index contributed by atoms with van der Waals surface area (Å²) in [4.78, 5) is 0. The van der Waals surface area contributed by atoms with Crippen LogP contribution in [0.3, 0.4) is 0 Å². The Bertz CT molecular complexity index is 193. The average molecular weight is 195 g/mol. The zero-order valence-corrected chi connectivity index (χ0v) is 7.75. The highest BCUT2D eigenvalue weighted by atomic mass is 35.5. The average Bonchev–Trinajstić information content (AvgIpc) is 2.05. The van der Waals surface area contributed by atoms with Crippen molar-refractivity contribution in [3.8, 4) is 0 Å². The van der Waals surface area contributed by atoms with Gasteiger partial charge in [-0.05, 0) is 31.3 Å². The van der Waals surface area contributed by atoms with Gasteiger partial charge in [0.25, 0.3) is 0 Å². The van der Waals surface area contributed by atoms with Crippen LogP contribution in [-0.4, -0.2) is 8.76 Å². The fourth-order valence-electron chi connectivity index (χ4n) is 1.30. The Morgan fingerprint density at radius 3 is 2.36 bits per heavy atom. The van der Waals surface area contributed by atoms with Crippen molar-refractivity contribution in [1.82, 2.24) is 0 Å². The largest absolute Gasteiger partial charge is 0.302 e. The SMILES string of the molecule is O=S(O)C(Cl)=C1CCCCC1. The van der Waals surface area contributed by atoms with E-state index < -0.39 is 11.1 Å². The molecule has 1 rings (SSSR count). The lowest BCUT2D eigenvalue weighted by molar-refractivity contribution is 0.568. The standard InChI is InChI=1S/C7H11ClO2S/c8-7(11(9)10)6-4-2-1-3-5-6/h1-5H2,(H,9,10). The zero-order chi connectivity index (χ0) is 8.27. The maximum atomic E-state index is 10.5. The Labute approximate surface area is 73.9 Å². The van der Waals surface area contributed by atoms with Gasteiger partial charge in [0.1, 0.15) is 4.36 Å². The maximum absolute atomic E-state index is 10.5. The quantitative estimate of drug-likeness (QED) is 0.652. The van der Waals surface area contributed by atoms with E-state index in [4.69, 9.17) is 16.2 Å². The second-order valence-corrected chi connectivity index (χ2v) is 4.20. The predicted molar refractivity (Wildman–Crippen MR) is 46.7 cm³/mol. The van der Waals surface area contributed by atoms with E-state index in [1.165, 1.54) is 6.42 Å². The van der Waals surface area contributed by atoms with Crippen molar-refractivity contribution in [2.75, 3.05) is 0 Å². The van der Waals surface area contributed by atoms with Crippen molar-refractivity contribution in [2.45, 2.75) is 32.1 Å². The molecule has 1 fully saturated rings. The summed E-state index contributed by atoms with van der Waals surface area (Å²) in [5.41, 5.74) is 0.971. The summed E-state index contributed by atoms with van der Waals surface area (Å²) >= 11 is 3.66. The van der Waals surface area contributed by atoms with Crippen molar-refractivity contribution in [2.24, 2.45) is 0 Å². The van der Waals surface area contributed by atoms with Crippen molar-refractivity contribution in [1.29, 1.82) is 0 Å². The minimum absolute atomic E-state index is 0.157. The van der Waals surface area contributed by atoms with Crippen LogP contribution in [-0.2, 0) is 11.1 Å². The first-order valence-electron chi connectivity index (χ1n) is 3.70. The summed E-state index contributed by atoms with van der Waals surface area (Å²) in [5, 5.41) is 0. The lowest BCUT2D eigenvalue weighted by Gasteiger charge is -2.13. The first-order chi connectivity index (χ1) is 5.22. The van der Waals surface area contributed by atoms with E-state index in [9.17, 15) is 4.21 Å². The molecule has 0 bridgehead atoms. The second kappa shape index (κ2) is 4.24. The van der Waals surface area contributed by atoms with E-state index >= 15 is 0 Å². The van der Waals surface area contributed by atoms with Crippen LogP contribution in [0, 0.1) is 0 Å². The summed E-state index contributed by atoms with van der Waals surface area (Å²) in [5.74, 6) is 0. The van der Waals surface area contributed by atoms with E-state index in [0.29, 0.717) is 0 Å². The third-order valence-electron chi connectivity index (χ3n) is 1.89. The van der Waals surface area contributed by atoms with Crippen LogP contribution in [0.2, 0.25) is 0 Å². The molecular formula is C7H11ClO2S. The number of halogens is 1. The number of hydrogen-bond donors (Lipinski definition) is 1. The van der Waals surface area contributed by atoms with Crippen LogP contribution >= 0.6 is 11.6 Å². The second-order valence-electron chi connectivity index (χ2n) is 2.69. The smallest absolute Gasteiger partial charge is 0.198 e. The van der Waals surface area contributed by atoms with Gasteiger partial charge in [-0.25, -0.2) is 4.21 Å². The molecule has 0 aromatic rings. The minimum Gasteiger partial charge on any atom is -0.302 e. The first-order valence-corrected chi connectivity index (χ1v) is 5.18. The van der Waals surface area contributed by atoms with Gasteiger partial charge in [0.2, 0.25) is 0 Å². The Morgan fingerprint density at radius 1 is 1.36 bits per heavy atom. The Morgan fingerprint density at radius 2 is 1.91 bits per heavy atom. The molecule has 0 aromatic heterocycles. The number of hydrogen-bond acceptors (Lipinski definition) is 1. The first kappa shape index (κ1) is 9.23. The highest BCUT2D eigenvalue weighted by molar-refractivity contribution is 7.85. The molecule has 11 heavy (non-hydrogen) atoms. The minimum atomic E-state index is -1.96. The van der Waals surface area contributed by atoms with Gasteiger partial charge in [-0.1, -0.05) is 18.0 Å². The molecule has 1 aliphatic carbocycles. The maximum Gasteiger partial charge on any atom is 0.198 e. The van der Waals surface area contributed by atoms with Crippen LogP contribution in [0.4, 0.5) is 0 Å². The molecule has 1 N–H and O–H groups in total. The van der Waals surface area contributed by atoms with E-state index in [0.717, 1.165) is 31.3 Å². The molecule has 4 heteroatoms. The normalized spacial score (nSPS) is 21.5. The molecule has 0 heterocycles. The van der Waals surface area contributed by atoms with Crippen molar-refractivity contribution in [3.63, 3.8) is 0 Å². The van der Waals surface area contributed by atoms with Crippen molar-refractivity contribution < 1.29 is 8.76 Å². The van der Waals surface area contributed by atoms with Crippen LogP contribution in [0.15, 0.2) is 9.94 Å². The van der Waals surface area contributed by atoms with Gasteiger partial charge in [0.15, 0.2) is 11.1 Å². The topological polar surface area (TPSA) is 37.3 Å². The Kier molecular flexibility index (Phi) is 3.55. The Balaban J connectivity index is 2.68. The highest BCUT2D eigenvalue weighted by Crippen LogP contribution is 2.28. The lowest BCUT2D eigenvalue weighted by atomic mass is 9.96. The molecule has 0 amide bonds. The van der Waals surface area contributed by atoms with E-state index in [2.05, 4.69) is 0 Å². The van der Waals surface area contributed by atoms with Gasteiger partial charge in [-0.3, -0.25) is 0 Å². The van der Waals surface area contributed by atoms with Gasteiger partial charge < -0.3 is 4.55 Å². The van der Waals surface area contributed by atoms with Crippen LogP contribution in [0.25, 0.3) is 0 Å². The molecule has 2 nitrogen and oxygen atoms in total. The molecule has 0 saturated heterocycles.